The zero-order chi connectivity index (χ0) is 16.2. The van der Waals surface area contributed by atoms with E-state index in [9.17, 15) is 8.42 Å². The molecule has 1 aromatic rings. The highest BCUT2D eigenvalue weighted by atomic mass is 32.2. The van der Waals surface area contributed by atoms with Gasteiger partial charge >= 0.3 is 0 Å². The zero-order valence-corrected chi connectivity index (χ0v) is 14.7. The predicted molar refractivity (Wildman–Crippen MR) is 91.3 cm³/mol. The van der Waals surface area contributed by atoms with Crippen LogP contribution < -0.4 is 0 Å². The Morgan fingerprint density at radius 2 is 1.91 bits per heavy atom. The molecule has 0 amide bonds. The van der Waals surface area contributed by atoms with E-state index in [1.54, 1.807) is 16.4 Å². The van der Waals surface area contributed by atoms with Crippen LogP contribution in [0.1, 0.15) is 45.1 Å². The smallest absolute Gasteiger partial charge is 0.207 e. The van der Waals surface area contributed by atoms with Gasteiger partial charge in [-0.15, -0.1) is 0 Å². The Morgan fingerprint density at radius 3 is 2.55 bits per heavy atom. The summed E-state index contributed by atoms with van der Waals surface area (Å²) in [5.74, 6) is 0.321. The number of sulfonamides is 1. The van der Waals surface area contributed by atoms with Crippen molar-refractivity contribution in [3.63, 3.8) is 0 Å². The van der Waals surface area contributed by atoms with Gasteiger partial charge in [0.2, 0.25) is 10.0 Å². The van der Waals surface area contributed by atoms with Gasteiger partial charge in [-0.1, -0.05) is 56.0 Å². The number of allylic oxidation sites excluding steroid dienone is 1. The fraction of sp³-hybridized carbons (Fsp3) is 0.556. The fourth-order valence-corrected chi connectivity index (χ4v) is 4.35. The van der Waals surface area contributed by atoms with Crippen molar-refractivity contribution in [3.8, 4) is 0 Å². The standard InChI is InChI=1S/C18H27NO2S/c1-4-5-6-7-8-17-14-19(13-16(17)3)22(20,21)18-11-9-15(2)10-12-18/h8-12,16H,4-7,13-14H2,1-3H3/b17-8+. The van der Waals surface area contributed by atoms with Crippen LogP contribution in [0, 0.1) is 12.8 Å². The number of aryl methyl sites for hydroxylation is 1. The maximum atomic E-state index is 12.7. The Balaban J connectivity index is 2.09. The van der Waals surface area contributed by atoms with E-state index in [4.69, 9.17) is 0 Å². The maximum Gasteiger partial charge on any atom is 0.243 e. The van der Waals surface area contributed by atoms with Gasteiger partial charge in [0, 0.05) is 13.1 Å². The number of nitrogens with zero attached hydrogens (tertiary/aromatic N) is 1. The largest absolute Gasteiger partial charge is 0.243 e. The lowest BCUT2D eigenvalue weighted by atomic mass is 10.0. The van der Waals surface area contributed by atoms with Gasteiger partial charge in [-0.2, -0.15) is 4.31 Å². The lowest BCUT2D eigenvalue weighted by Crippen LogP contribution is -2.28. The summed E-state index contributed by atoms with van der Waals surface area (Å²) in [7, 11) is -3.36. The number of unbranched alkanes of at least 4 members (excludes halogenated alkanes) is 3. The molecule has 1 aliphatic heterocycles. The minimum atomic E-state index is -3.36. The minimum absolute atomic E-state index is 0.321. The molecule has 0 aromatic heterocycles. The summed E-state index contributed by atoms with van der Waals surface area (Å²) < 4.78 is 27.0. The fourth-order valence-electron chi connectivity index (χ4n) is 2.84. The van der Waals surface area contributed by atoms with E-state index in [0.717, 1.165) is 12.0 Å². The van der Waals surface area contributed by atoms with E-state index in [2.05, 4.69) is 19.9 Å². The van der Waals surface area contributed by atoms with Crippen LogP contribution in [0.3, 0.4) is 0 Å². The molecule has 1 atom stereocenters. The lowest BCUT2D eigenvalue weighted by Gasteiger charge is -2.15. The molecule has 122 valence electrons. The first-order chi connectivity index (χ1) is 10.4. The van der Waals surface area contributed by atoms with Crippen LogP contribution in [0.25, 0.3) is 0 Å². The summed E-state index contributed by atoms with van der Waals surface area (Å²) >= 11 is 0. The van der Waals surface area contributed by atoms with E-state index in [-0.39, 0.29) is 0 Å². The molecule has 0 saturated carbocycles. The molecule has 2 rings (SSSR count). The van der Waals surface area contributed by atoms with Crippen LogP contribution in [-0.2, 0) is 10.0 Å². The third-order valence-corrected chi connectivity index (χ3v) is 6.17. The first kappa shape index (κ1) is 17.2. The maximum absolute atomic E-state index is 12.7. The van der Waals surface area contributed by atoms with E-state index in [1.165, 1.54) is 24.8 Å². The van der Waals surface area contributed by atoms with Gasteiger partial charge in [0.25, 0.3) is 0 Å². The first-order valence-electron chi connectivity index (χ1n) is 8.21. The molecule has 1 fully saturated rings. The molecule has 0 aliphatic carbocycles. The second-order valence-corrected chi connectivity index (χ2v) is 8.22. The highest BCUT2D eigenvalue weighted by Crippen LogP contribution is 2.28. The quantitative estimate of drug-likeness (QED) is 0.583. The highest BCUT2D eigenvalue weighted by molar-refractivity contribution is 7.89. The van der Waals surface area contributed by atoms with Gasteiger partial charge in [-0.3, -0.25) is 0 Å². The topological polar surface area (TPSA) is 37.4 Å². The molecule has 1 heterocycles. The molecule has 0 bridgehead atoms. The summed E-state index contributed by atoms with van der Waals surface area (Å²) in [4.78, 5) is 0.400. The zero-order valence-electron chi connectivity index (χ0n) is 13.9. The SMILES string of the molecule is CCCCC/C=C1\CN(S(=O)(=O)c2ccc(C)cc2)CC1C. The van der Waals surface area contributed by atoms with Crippen molar-refractivity contribution in [1.82, 2.24) is 4.31 Å². The van der Waals surface area contributed by atoms with Gasteiger partial charge in [0.05, 0.1) is 4.90 Å². The van der Waals surface area contributed by atoms with Crippen LogP contribution in [0.5, 0.6) is 0 Å². The molecular formula is C18H27NO2S. The molecule has 0 spiro atoms. The highest BCUT2D eigenvalue weighted by Gasteiger charge is 2.33. The Hall–Kier alpha value is -1.13. The van der Waals surface area contributed by atoms with Crippen molar-refractivity contribution in [3.05, 3.63) is 41.5 Å². The number of benzene rings is 1. The monoisotopic (exact) mass is 321 g/mol. The average molecular weight is 321 g/mol. The Kier molecular flexibility index (Phi) is 5.81. The Bertz CT molecular complexity index is 617. The number of hydrogen-bond acceptors (Lipinski definition) is 2. The van der Waals surface area contributed by atoms with Crippen molar-refractivity contribution in [2.45, 2.75) is 51.3 Å². The summed E-state index contributed by atoms with van der Waals surface area (Å²) in [6.07, 6.45) is 6.96. The summed E-state index contributed by atoms with van der Waals surface area (Å²) in [6.45, 7) is 7.42. The van der Waals surface area contributed by atoms with Crippen LogP contribution in [0.15, 0.2) is 40.8 Å². The van der Waals surface area contributed by atoms with Crippen molar-refractivity contribution in [2.24, 2.45) is 5.92 Å². The van der Waals surface area contributed by atoms with Gasteiger partial charge in [-0.25, -0.2) is 8.42 Å². The number of rotatable bonds is 6. The first-order valence-corrected chi connectivity index (χ1v) is 9.65. The Morgan fingerprint density at radius 1 is 1.23 bits per heavy atom. The molecule has 22 heavy (non-hydrogen) atoms. The predicted octanol–water partition coefficient (Wildman–Crippen LogP) is 4.14. The molecule has 4 heteroatoms. The molecule has 1 saturated heterocycles. The van der Waals surface area contributed by atoms with E-state index >= 15 is 0 Å². The molecule has 1 unspecified atom stereocenters. The second kappa shape index (κ2) is 7.42. The number of hydrogen-bond donors (Lipinski definition) is 0. The molecule has 3 nitrogen and oxygen atoms in total. The van der Waals surface area contributed by atoms with Crippen LogP contribution >= 0.6 is 0 Å². The van der Waals surface area contributed by atoms with Gasteiger partial charge in [-0.05, 0) is 37.8 Å². The summed E-state index contributed by atoms with van der Waals surface area (Å²) in [5, 5.41) is 0. The lowest BCUT2D eigenvalue weighted by molar-refractivity contribution is 0.464. The van der Waals surface area contributed by atoms with E-state index < -0.39 is 10.0 Å². The van der Waals surface area contributed by atoms with Crippen molar-refractivity contribution < 1.29 is 8.42 Å². The van der Waals surface area contributed by atoms with Crippen molar-refractivity contribution in [1.29, 1.82) is 0 Å². The van der Waals surface area contributed by atoms with E-state index in [1.807, 2.05) is 19.1 Å². The second-order valence-electron chi connectivity index (χ2n) is 6.29. The summed E-state index contributed by atoms with van der Waals surface area (Å²) in [6, 6.07) is 7.12. The van der Waals surface area contributed by atoms with Crippen LogP contribution in [-0.4, -0.2) is 25.8 Å². The van der Waals surface area contributed by atoms with Gasteiger partial charge in [0.15, 0.2) is 0 Å². The normalized spacial score (nSPS) is 21.6. The van der Waals surface area contributed by atoms with Gasteiger partial charge < -0.3 is 0 Å². The van der Waals surface area contributed by atoms with Crippen LogP contribution in [0.2, 0.25) is 0 Å². The molecular weight excluding hydrogens is 294 g/mol. The minimum Gasteiger partial charge on any atom is -0.207 e. The average Bonchev–Trinajstić information content (AvgIpc) is 2.86. The summed E-state index contributed by atoms with van der Waals surface area (Å²) in [5.41, 5.74) is 2.34. The van der Waals surface area contributed by atoms with Crippen molar-refractivity contribution >= 4 is 10.0 Å². The molecule has 0 radical (unpaired) electrons. The molecule has 1 aromatic carbocycles. The third-order valence-electron chi connectivity index (χ3n) is 4.34. The molecule has 0 N–H and O–H groups in total. The van der Waals surface area contributed by atoms with Crippen LogP contribution in [0.4, 0.5) is 0 Å². The van der Waals surface area contributed by atoms with Crippen molar-refractivity contribution in [2.75, 3.05) is 13.1 Å². The Labute approximate surface area is 135 Å². The molecule has 1 aliphatic rings. The van der Waals surface area contributed by atoms with Gasteiger partial charge in [0.1, 0.15) is 0 Å². The van der Waals surface area contributed by atoms with E-state index in [0.29, 0.717) is 23.9 Å². The third kappa shape index (κ3) is 3.99.